The van der Waals surface area contributed by atoms with Crippen molar-refractivity contribution >= 4 is 23.5 Å². The molecule has 2 N–H and O–H groups in total. The highest BCUT2D eigenvalue weighted by Crippen LogP contribution is 2.20. The predicted octanol–water partition coefficient (Wildman–Crippen LogP) is 3.75. The lowest BCUT2D eigenvalue weighted by atomic mass is 10.0. The molecule has 25 heavy (non-hydrogen) atoms. The molecule has 0 saturated heterocycles. The molecule has 0 aliphatic heterocycles. The van der Waals surface area contributed by atoms with E-state index in [0.717, 1.165) is 5.56 Å². The summed E-state index contributed by atoms with van der Waals surface area (Å²) in [5, 5.41) is 12.4. The molecule has 0 aliphatic rings. The Morgan fingerprint density at radius 3 is 2.48 bits per heavy atom. The maximum Gasteiger partial charge on any atom is 0.305 e. The minimum Gasteiger partial charge on any atom is -0.481 e. The van der Waals surface area contributed by atoms with Gasteiger partial charge in [0.25, 0.3) is 5.91 Å². The molecule has 5 nitrogen and oxygen atoms in total. The van der Waals surface area contributed by atoms with Crippen molar-refractivity contribution in [2.24, 2.45) is 0 Å². The number of halogens is 1. The number of benzene rings is 2. The van der Waals surface area contributed by atoms with E-state index in [1.807, 2.05) is 25.1 Å². The van der Waals surface area contributed by atoms with Gasteiger partial charge in [0.05, 0.1) is 12.5 Å². The van der Waals surface area contributed by atoms with Gasteiger partial charge in [0.1, 0.15) is 5.75 Å². The maximum absolute atomic E-state index is 12.4. The number of carbonyl (C=O) groups excluding carboxylic acids is 1. The normalized spacial score (nSPS) is 12.9. The van der Waals surface area contributed by atoms with E-state index in [1.54, 1.807) is 37.3 Å². The molecule has 0 fully saturated rings. The lowest BCUT2D eigenvalue weighted by Crippen LogP contribution is -2.39. The van der Waals surface area contributed by atoms with Crippen molar-refractivity contribution in [3.05, 3.63) is 64.7 Å². The Kier molecular flexibility index (Phi) is 6.42. The molecule has 0 spiro atoms. The highest BCUT2D eigenvalue weighted by molar-refractivity contribution is 6.30. The number of carbonyl (C=O) groups is 2. The molecule has 2 rings (SSSR count). The van der Waals surface area contributed by atoms with Crippen molar-refractivity contribution in [2.75, 3.05) is 0 Å². The van der Waals surface area contributed by atoms with Crippen LogP contribution < -0.4 is 10.1 Å². The third-order valence-corrected chi connectivity index (χ3v) is 3.89. The number of hydrogen-bond acceptors (Lipinski definition) is 3. The second-order valence-electron chi connectivity index (χ2n) is 5.79. The Hall–Kier alpha value is -2.53. The Labute approximate surface area is 151 Å². The van der Waals surface area contributed by atoms with Crippen LogP contribution in [0.4, 0.5) is 0 Å². The highest BCUT2D eigenvalue weighted by Gasteiger charge is 2.22. The fourth-order valence-corrected chi connectivity index (χ4v) is 2.48. The minimum absolute atomic E-state index is 0.232. The highest BCUT2D eigenvalue weighted by atomic mass is 35.5. The SMILES string of the molecule is Cc1cccc(OC(C)C(=O)N[C@@H](CC(=O)O)c2ccc(Cl)cc2)c1. The van der Waals surface area contributed by atoms with Gasteiger partial charge in [0.2, 0.25) is 0 Å². The quantitative estimate of drug-likeness (QED) is 0.787. The van der Waals surface area contributed by atoms with Crippen molar-refractivity contribution in [3.8, 4) is 5.75 Å². The number of nitrogens with one attached hydrogen (secondary N) is 1. The van der Waals surface area contributed by atoms with Crippen LogP contribution in [0.1, 0.15) is 30.5 Å². The summed E-state index contributed by atoms with van der Waals surface area (Å²) < 4.78 is 5.64. The van der Waals surface area contributed by atoms with Gasteiger partial charge >= 0.3 is 5.97 Å². The van der Waals surface area contributed by atoms with E-state index < -0.39 is 18.1 Å². The van der Waals surface area contributed by atoms with Gasteiger partial charge in [-0.3, -0.25) is 9.59 Å². The van der Waals surface area contributed by atoms with Gasteiger partial charge < -0.3 is 15.2 Å². The van der Waals surface area contributed by atoms with Crippen LogP contribution >= 0.6 is 11.6 Å². The number of carboxylic acids is 1. The Bertz CT molecular complexity index is 745. The zero-order valence-corrected chi connectivity index (χ0v) is 14.8. The number of rotatable bonds is 7. The van der Waals surface area contributed by atoms with E-state index in [-0.39, 0.29) is 12.3 Å². The third kappa shape index (κ3) is 5.80. The van der Waals surface area contributed by atoms with Crippen LogP contribution in [-0.2, 0) is 9.59 Å². The first kappa shape index (κ1) is 18.8. The summed E-state index contributed by atoms with van der Waals surface area (Å²) in [6.45, 7) is 3.55. The van der Waals surface area contributed by atoms with E-state index in [1.165, 1.54) is 0 Å². The zero-order chi connectivity index (χ0) is 18.4. The van der Waals surface area contributed by atoms with E-state index in [9.17, 15) is 9.59 Å². The first-order valence-corrected chi connectivity index (χ1v) is 8.24. The number of amides is 1. The average Bonchev–Trinajstić information content (AvgIpc) is 2.54. The number of carboxylic acid groups (broad SMARTS) is 1. The van der Waals surface area contributed by atoms with Crippen molar-refractivity contribution in [3.63, 3.8) is 0 Å². The lowest BCUT2D eigenvalue weighted by Gasteiger charge is -2.21. The number of aliphatic carboxylic acids is 1. The summed E-state index contributed by atoms with van der Waals surface area (Å²) in [6, 6.07) is 13.4. The smallest absolute Gasteiger partial charge is 0.305 e. The second-order valence-corrected chi connectivity index (χ2v) is 6.22. The molecule has 2 aromatic rings. The van der Waals surface area contributed by atoms with Crippen molar-refractivity contribution < 1.29 is 19.4 Å². The summed E-state index contributed by atoms with van der Waals surface area (Å²) in [7, 11) is 0. The van der Waals surface area contributed by atoms with Crippen LogP contribution in [0.3, 0.4) is 0 Å². The lowest BCUT2D eigenvalue weighted by molar-refractivity contribution is -0.138. The molecule has 0 heterocycles. The van der Waals surface area contributed by atoms with Crippen LogP contribution in [0.15, 0.2) is 48.5 Å². The van der Waals surface area contributed by atoms with Gasteiger partial charge in [0.15, 0.2) is 6.10 Å². The molecule has 0 aromatic heterocycles. The monoisotopic (exact) mass is 361 g/mol. The molecular weight excluding hydrogens is 342 g/mol. The van der Waals surface area contributed by atoms with Crippen LogP contribution in [0.5, 0.6) is 5.75 Å². The van der Waals surface area contributed by atoms with Crippen LogP contribution in [-0.4, -0.2) is 23.1 Å². The molecule has 132 valence electrons. The molecule has 0 aliphatic carbocycles. The third-order valence-electron chi connectivity index (χ3n) is 3.64. The fourth-order valence-electron chi connectivity index (χ4n) is 2.36. The van der Waals surface area contributed by atoms with Gasteiger partial charge in [-0.15, -0.1) is 0 Å². The van der Waals surface area contributed by atoms with Gasteiger partial charge in [-0.25, -0.2) is 0 Å². The molecule has 1 unspecified atom stereocenters. The fraction of sp³-hybridized carbons (Fsp3) is 0.263. The van der Waals surface area contributed by atoms with E-state index in [2.05, 4.69) is 5.32 Å². The molecule has 0 saturated carbocycles. The molecular formula is C19H20ClNO4. The summed E-state index contributed by atoms with van der Waals surface area (Å²) >= 11 is 5.86. The topological polar surface area (TPSA) is 75.6 Å². The van der Waals surface area contributed by atoms with E-state index in [4.69, 9.17) is 21.4 Å². The van der Waals surface area contributed by atoms with Crippen LogP contribution in [0.25, 0.3) is 0 Å². The van der Waals surface area contributed by atoms with Crippen molar-refractivity contribution in [2.45, 2.75) is 32.4 Å². The van der Waals surface area contributed by atoms with Gasteiger partial charge in [-0.1, -0.05) is 35.9 Å². The summed E-state index contributed by atoms with van der Waals surface area (Å²) in [6.07, 6.45) is -0.991. The molecule has 2 aromatic carbocycles. The first-order chi connectivity index (χ1) is 11.8. The maximum atomic E-state index is 12.4. The Morgan fingerprint density at radius 1 is 1.20 bits per heavy atom. The van der Waals surface area contributed by atoms with Gasteiger partial charge in [-0.05, 0) is 49.2 Å². The van der Waals surface area contributed by atoms with Crippen molar-refractivity contribution in [1.82, 2.24) is 5.32 Å². The summed E-state index contributed by atoms with van der Waals surface area (Å²) in [4.78, 5) is 23.5. The number of aryl methyl sites for hydroxylation is 1. The van der Waals surface area contributed by atoms with Gasteiger partial charge in [-0.2, -0.15) is 0 Å². The van der Waals surface area contributed by atoms with Crippen LogP contribution in [0, 0.1) is 6.92 Å². The van der Waals surface area contributed by atoms with Crippen molar-refractivity contribution in [1.29, 1.82) is 0 Å². The Balaban J connectivity index is 2.07. The second kappa shape index (κ2) is 8.53. The molecule has 0 radical (unpaired) electrons. The molecule has 6 heteroatoms. The number of hydrogen-bond donors (Lipinski definition) is 2. The molecule has 2 atom stereocenters. The first-order valence-electron chi connectivity index (χ1n) is 7.86. The largest absolute Gasteiger partial charge is 0.481 e. The van der Waals surface area contributed by atoms with Gasteiger partial charge in [0, 0.05) is 5.02 Å². The van der Waals surface area contributed by atoms with E-state index >= 15 is 0 Å². The standard InChI is InChI=1S/C19H20ClNO4/c1-12-4-3-5-16(10-12)25-13(2)19(24)21-17(11-18(22)23)14-6-8-15(20)9-7-14/h3-10,13,17H,11H2,1-2H3,(H,21,24)(H,22,23)/t13?,17-/m0/s1. The van der Waals surface area contributed by atoms with E-state index in [0.29, 0.717) is 16.3 Å². The van der Waals surface area contributed by atoms with Crippen LogP contribution in [0.2, 0.25) is 5.02 Å². The number of ether oxygens (including phenoxy) is 1. The predicted molar refractivity (Wildman–Crippen MR) is 95.9 cm³/mol. The summed E-state index contributed by atoms with van der Waals surface area (Å²) in [5.74, 6) is -0.806. The minimum atomic E-state index is -1.01. The molecule has 1 amide bonds. The average molecular weight is 362 g/mol. The summed E-state index contributed by atoms with van der Waals surface area (Å²) in [5.41, 5.74) is 1.69. The Morgan fingerprint density at radius 2 is 1.88 bits per heavy atom. The molecule has 0 bridgehead atoms. The zero-order valence-electron chi connectivity index (χ0n) is 14.0.